The molecule has 2 aromatic carbocycles. The molecule has 5 rings (SSSR count). The molecule has 3 heterocycles. The number of carbonyl (C=O) groups is 1. The van der Waals surface area contributed by atoms with E-state index in [2.05, 4.69) is 15.1 Å². The zero-order valence-electron chi connectivity index (χ0n) is 19.8. The van der Waals surface area contributed by atoms with E-state index in [1.54, 1.807) is 42.7 Å². The summed E-state index contributed by atoms with van der Waals surface area (Å²) in [4.78, 5) is 20.9. The summed E-state index contributed by atoms with van der Waals surface area (Å²) in [6.45, 7) is 3.00. The van der Waals surface area contributed by atoms with Gasteiger partial charge in [-0.15, -0.1) is 0 Å². The number of nitrogens with zero attached hydrogens (tertiary/aromatic N) is 4. The molecule has 0 radical (unpaired) electrons. The number of hydrazone groups is 1. The number of halogens is 1. The average molecular weight is 532 g/mol. The van der Waals surface area contributed by atoms with Gasteiger partial charge in [0.2, 0.25) is 5.17 Å². The lowest BCUT2D eigenvalue weighted by molar-refractivity contribution is -0.114. The van der Waals surface area contributed by atoms with Crippen LogP contribution in [0, 0.1) is 12.3 Å². The van der Waals surface area contributed by atoms with Crippen LogP contribution in [0.3, 0.4) is 0 Å². The molecule has 186 valence electrons. The summed E-state index contributed by atoms with van der Waals surface area (Å²) in [5.74, 6) is 0.806. The van der Waals surface area contributed by atoms with E-state index in [1.165, 1.54) is 22.3 Å². The van der Waals surface area contributed by atoms with Crippen LogP contribution in [0.5, 0.6) is 11.5 Å². The van der Waals surface area contributed by atoms with Crippen molar-refractivity contribution in [1.29, 1.82) is 5.41 Å². The second-order valence-electron chi connectivity index (χ2n) is 8.22. The number of pyridine rings is 1. The number of amidine groups is 2. The molecule has 0 atom stereocenters. The first-order chi connectivity index (χ1) is 18.0. The molecule has 0 spiro atoms. The van der Waals surface area contributed by atoms with Gasteiger partial charge in [0.05, 0.1) is 23.8 Å². The van der Waals surface area contributed by atoms with Gasteiger partial charge in [0.25, 0.3) is 5.91 Å². The minimum Gasteiger partial charge on any atom is -0.493 e. The highest BCUT2D eigenvalue weighted by Gasteiger charge is 2.36. The van der Waals surface area contributed by atoms with Gasteiger partial charge in [0.1, 0.15) is 16.5 Å². The highest BCUT2D eigenvalue weighted by molar-refractivity contribution is 8.27. The van der Waals surface area contributed by atoms with Crippen LogP contribution in [0.2, 0.25) is 5.02 Å². The normalized spacial score (nSPS) is 15.9. The number of thioether (sulfide) groups is 1. The van der Waals surface area contributed by atoms with Gasteiger partial charge in [-0.3, -0.25) is 15.2 Å². The van der Waals surface area contributed by atoms with Gasteiger partial charge < -0.3 is 9.47 Å². The monoisotopic (exact) mass is 531 g/mol. The Kier molecular flexibility index (Phi) is 7.34. The van der Waals surface area contributed by atoms with Crippen molar-refractivity contribution in [2.24, 2.45) is 10.1 Å². The maximum Gasteiger partial charge on any atom is 0.283 e. The van der Waals surface area contributed by atoms with Crippen molar-refractivity contribution >= 4 is 51.4 Å². The first-order valence-corrected chi connectivity index (χ1v) is 12.7. The smallest absolute Gasteiger partial charge is 0.283 e. The van der Waals surface area contributed by atoms with Crippen LogP contribution >= 0.6 is 23.4 Å². The van der Waals surface area contributed by atoms with Crippen LogP contribution < -0.4 is 9.47 Å². The lowest BCUT2D eigenvalue weighted by atomic mass is 10.1. The van der Waals surface area contributed by atoms with Crippen molar-refractivity contribution in [3.63, 3.8) is 0 Å². The Morgan fingerprint density at radius 1 is 1.11 bits per heavy atom. The summed E-state index contributed by atoms with van der Waals surface area (Å²) >= 11 is 7.65. The molecule has 37 heavy (non-hydrogen) atoms. The van der Waals surface area contributed by atoms with Crippen molar-refractivity contribution in [3.8, 4) is 11.5 Å². The molecule has 3 aromatic rings. The number of ether oxygens (including phenoxy) is 2. The van der Waals surface area contributed by atoms with Gasteiger partial charge in [-0.2, -0.15) is 15.1 Å². The number of fused-ring (bicyclic) bond motifs is 1. The minimum absolute atomic E-state index is 0.0496. The van der Waals surface area contributed by atoms with Crippen molar-refractivity contribution in [2.45, 2.75) is 13.3 Å². The first-order valence-electron chi connectivity index (χ1n) is 11.5. The molecule has 0 unspecified atom stereocenters. The molecule has 0 saturated heterocycles. The molecule has 0 fully saturated rings. The van der Waals surface area contributed by atoms with Crippen LogP contribution in [0.4, 0.5) is 0 Å². The van der Waals surface area contributed by atoms with Crippen LogP contribution in [-0.2, 0) is 4.79 Å². The maximum absolute atomic E-state index is 12.7. The van der Waals surface area contributed by atoms with Gasteiger partial charge in [-0.05, 0) is 66.7 Å². The molecule has 0 saturated carbocycles. The standard InChI is InChI=1S/C27H22ClN5O3S/c1-17-5-8-20(9-6-17)35-12-3-13-36-23-10-7-18(15-22(23)28)14-21-24(29)33-27(31-25(21)34)37-26(32-33)19-4-2-11-30-16-19/h2,4-11,14-16,29H,3,12-13H2,1H3. The van der Waals surface area contributed by atoms with Crippen molar-refractivity contribution in [3.05, 3.63) is 94.3 Å². The van der Waals surface area contributed by atoms with E-state index in [4.69, 9.17) is 26.5 Å². The van der Waals surface area contributed by atoms with E-state index >= 15 is 0 Å². The third-order valence-electron chi connectivity index (χ3n) is 5.47. The molecule has 0 bridgehead atoms. The molecule has 10 heteroatoms. The van der Waals surface area contributed by atoms with E-state index < -0.39 is 5.91 Å². The third-order valence-corrected chi connectivity index (χ3v) is 6.72. The summed E-state index contributed by atoms with van der Waals surface area (Å²) in [7, 11) is 0. The Hall–Kier alpha value is -3.95. The van der Waals surface area contributed by atoms with Gasteiger partial charge >= 0.3 is 0 Å². The van der Waals surface area contributed by atoms with Crippen LogP contribution in [0.15, 0.2) is 82.7 Å². The molecule has 1 N–H and O–H groups in total. The second-order valence-corrected chi connectivity index (χ2v) is 9.58. The van der Waals surface area contributed by atoms with E-state index in [9.17, 15) is 4.79 Å². The predicted octanol–water partition coefficient (Wildman–Crippen LogP) is 5.56. The first kappa shape index (κ1) is 24.7. The number of nitrogens with one attached hydrogen (secondary N) is 1. The van der Waals surface area contributed by atoms with Crippen molar-refractivity contribution < 1.29 is 14.3 Å². The SMILES string of the molecule is Cc1ccc(OCCCOc2ccc(C=C3C(=N)N4N=C(c5cccnc5)SC4=NC3=O)cc2Cl)cc1. The highest BCUT2D eigenvalue weighted by Crippen LogP contribution is 2.32. The number of amides is 1. The van der Waals surface area contributed by atoms with Gasteiger partial charge in [0.15, 0.2) is 5.84 Å². The predicted molar refractivity (Wildman–Crippen MR) is 147 cm³/mol. The van der Waals surface area contributed by atoms with Crippen LogP contribution in [-0.4, -0.2) is 45.2 Å². The Bertz CT molecular complexity index is 1440. The summed E-state index contributed by atoms with van der Waals surface area (Å²) < 4.78 is 11.5. The molecular formula is C27H22ClN5O3S. The fraction of sp³-hybridized carbons (Fsp3) is 0.148. The number of rotatable bonds is 8. The van der Waals surface area contributed by atoms with E-state index in [-0.39, 0.29) is 11.4 Å². The van der Waals surface area contributed by atoms with Gasteiger partial charge in [0, 0.05) is 24.4 Å². The Balaban J connectivity index is 1.21. The van der Waals surface area contributed by atoms with Crippen LogP contribution in [0.25, 0.3) is 6.08 Å². The van der Waals surface area contributed by atoms with Crippen LogP contribution in [0.1, 0.15) is 23.1 Å². The molecule has 2 aliphatic heterocycles. The lowest BCUT2D eigenvalue weighted by Crippen LogP contribution is -2.35. The second kappa shape index (κ2) is 11.0. The van der Waals surface area contributed by atoms with Gasteiger partial charge in [-0.25, -0.2) is 0 Å². The van der Waals surface area contributed by atoms with Crippen molar-refractivity contribution in [1.82, 2.24) is 9.99 Å². The Labute approximate surface area is 223 Å². The summed E-state index contributed by atoms with van der Waals surface area (Å²) in [5.41, 5.74) is 2.75. The van der Waals surface area contributed by atoms with E-state index in [0.29, 0.717) is 46.2 Å². The maximum atomic E-state index is 12.7. The Morgan fingerprint density at radius 3 is 2.68 bits per heavy atom. The quantitative estimate of drug-likeness (QED) is 0.302. The zero-order valence-corrected chi connectivity index (χ0v) is 21.4. The average Bonchev–Trinajstić information content (AvgIpc) is 3.33. The highest BCUT2D eigenvalue weighted by atomic mass is 35.5. The van der Waals surface area contributed by atoms with E-state index in [0.717, 1.165) is 11.3 Å². The minimum atomic E-state index is -0.503. The number of hydrogen-bond donors (Lipinski definition) is 1. The Morgan fingerprint density at radius 2 is 1.92 bits per heavy atom. The lowest BCUT2D eigenvalue weighted by Gasteiger charge is -2.20. The zero-order chi connectivity index (χ0) is 25.8. The molecule has 0 aliphatic carbocycles. The largest absolute Gasteiger partial charge is 0.493 e. The summed E-state index contributed by atoms with van der Waals surface area (Å²) in [6, 6.07) is 16.8. The molecule has 8 nitrogen and oxygen atoms in total. The fourth-order valence-corrected chi connectivity index (χ4v) is 4.68. The number of carbonyl (C=O) groups excluding carboxylic acids is 1. The summed E-state index contributed by atoms with van der Waals surface area (Å²) in [6.07, 6.45) is 5.62. The molecule has 2 aliphatic rings. The molecule has 1 amide bonds. The number of aliphatic imine (C=N–C) groups is 1. The van der Waals surface area contributed by atoms with Gasteiger partial charge in [-0.1, -0.05) is 35.4 Å². The summed E-state index contributed by atoms with van der Waals surface area (Å²) in [5, 5.41) is 15.7. The van der Waals surface area contributed by atoms with Crippen molar-refractivity contribution in [2.75, 3.05) is 13.2 Å². The molecule has 1 aromatic heterocycles. The molecular weight excluding hydrogens is 510 g/mol. The topological polar surface area (TPSA) is 100 Å². The third kappa shape index (κ3) is 5.73. The fourth-order valence-electron chi connectivity index (χ4n) is 3.55. The van der Waals surface area contributed by atoms with E-state index in [1.807, 2.05) is 37.3 Å². The number of benzene rings is 2. The number of aryl methyl sites for hydroxylation is 1. The number of hydrogen-bond acceptors (Lipinski definition) is 7. The number of aromatic nitrogens is 1.